The Balaban J connectivity index is 1.23. The van der Waals surface area contributed by atoms with Crippen molar-refractivity contribution < 1.29 is 31.1 Å². The highest BCUT2D eigenvalue weighted by Crippen LogP contribution is 2.42. The minimum absolute atomic E-state index is 0.0286. The third-order valence-corrected chi connectivity index (χ3v) is 10.9. The molecule has 0 spiro atoms. The number of benzene rings is 6. The van der Waals surface area contributed by atoms with E-state index in [9.17, 15) is 26.3 Å². The van der Waals surface area contributed by atoms with Gasteiger partial charge in [0.05, 0.1) is 22.2 Å². The molecule has 2 heterocycles. The smallest absolute Gasteiger partial charge is 0.312 e. The highest BCUT2D eigenvalue weighted by atomic mass is 19.4. The fraction of sp³-hybridized carbons (Fsp3) is 0.157. The molecule has 0 aliphatic heterocycles. The van der Waals surface area contributed by atoms with Crippen LogP contribution in [0.15, 0.2) is 158 Å². The molecule has 2 N–H and O–H groups in total. The first-order valence-corrected chi connectivity index (χ1v) is 20.2. The summed E-state index contributed by atoms with van der Waals surface area (Å²) in [5.41, 5.74) is 2.70. The van der Waals surface area contributed by atoms with Crippen molar-refractivity contribution in [2.75, 3.05) is 13.1 Å². The summed E-state index contributed by atoms with van der Waals surface area (Å²) in [4.78, 5) is 23.7. The molecule has 8 aromatic rings. The number of fused-ring (bicyclic) bond motifs is 2. The molecule has 0 radical (unpaired) electrons. The molecule has 0 bridgehead atoms. The fourth-order valence-corrected chi connectivity index (χ4v) is 7.91. The third kappa shape index (κ3) is 9.29. The number of nitrogens with one attached hydrogen (secondary N) is 2. The lowest BCUT2D eigenvalue weighted by Gasteiger charge is -2.19. The predicted molar refractivity (Wildman–Crippen MR) is 231 cm³/mol. The van der Waals surface area contributed by atoms with Crippen molar-refractivity contribution in [3.05, 3.63) is 202 Å². The van der Waals surface area contributed by atoms with Crippen molar-refractivity contribution in [2.24, 2.45) is 0 Å². The number of carbonyl (C=O) groups is 1. The van der Waals surface area contributed by atoms with E-state index in [2.05, 4.69) is 20.6 Å². The van der Waals surface area contributed by atoms with Gasteiger partial charge in [-0.1, -0.05) is 121 Å². The Morgan fingerprint density at radius 3 is 1.26 bits per heavy atom. The molecule has 0 saturated heterocycles. The van der Waals surface area contributed by atoms with Crippen molar-refractivity contribution in [3.8, 4) is 22.3 Å². The van der Waals surface area contributed by atoms with Crippen LogP contribution in [-0.2, 0) is 38.3 Å². The molecule has 0 unspecified atom stereocenters. The van der Waals surface area contributed by atoms with E-state index in [1.807, 2.05) is 84.9 Å². The van der Waals surface area contributed by atoms with Crippen LogP contribution in [0, 0.1) is 0 Å². The number of para-hydroxylation sites is 2. The summed E-state index contributed by atoms with van der Waals surface area (Å²) in [6, 6.07) is 41.8. The summed E-state index contributed by atoms with van der Waals surface area (Å²) in [6.45, 7) is 2.23. The number of ketones is 1. The van der Waals surface area contributed by atoms with E-state index in [-0.39, 0.29) is 44.1 Å². The van der Waals surface area contributed by atoms with Crippen molar-refractivity contribution in [1.82, 2.24) is 20.6 Å². The second kappa shape index (κ2) is 18.1. The first kappa shape index (κ1) is 42.0. The molecular formula is C51H40F6N4O. The summed E-state index contributed by atoms with van der Waals surface area (Å²) in [6.07, 6.45) is -5.65. The minimum atomic E-state index is -4.74. The molecule has 0 aliphatic carbocycles. The number of aromatic nitrogens is 2. The second-order valence-corrected chi connectivity index (χ2v) is 15.0. The first-order valence-electron chi connectivity index (χ1n) is 20.2. The average Bonchev–Trinajstić information content (AvgIpc) is 3.28. The van der Waals surface area contributed by atoms with Crippen LogP contribution < -0.4 is 10.6 Å². The highest BCUT2D eigenvalue weighted by Gasteiger charge is 2.36. The predicted octanol–water partition coefficient (Wildman–Crippen LogP) is 12.1. The van der Waals surface area contributed by atoms with Crippen molar-refractivity contribution >= 4 is 27.6 Å². The van der Waals surface area contributed by atoms with Gasteiger partial charge in [0.2, 0.25) is 0 Å². The monoisotopic (exact) mass is 838 g/mol. The molecule has 62 heavy (non-hydrogen) atoms. The molecule has 0 amide bonds. The number of alkyl halides is 6. The largest absolute Gasteiger partial charge is 0.418 e. The van der Waals surface area contributed by atoms with Crippen LogP contribution in [0.1, 0.15) is 49.3 Å². The maximum Gasteiger partial charge on any atom is 0.418 e. The van der Waals surface area contributed by atoms with Gasteiger partial charge in [-0.25, -0.2) is 0 Å². The molecule has 0 fully saturated rings. The van der Waals surface area contributed by atoms with E-state index in [4.69, 9.17) is 0 Å². The van der Waals surface area contributed by atoms with Crippen LogP contribution >= 0.6 is 0 Å². The normalized spacial score (nSPS) is 12.0. The fourth-order valence-electron chi connectivity index (χ4n) is 7.91. The summed E-state index contributed by atoms with van der Waals surface area (Å²) < 4.78 is 86.6. The summed E-state index contributed by atoms with van der Waals surface area (Å²) >= 11 is 0. The number of halogens is 6. The summed E-state index contributed by atoms with van der Waals surface area (Å²) in [5, 5.41) is 7.04. The van der Waals surface area contributed by atoms with Crippen molar-refractivity contribution in [2.45, 2.75) is 38.3 Å². The van der Waals surface area contributed by atoms with Crippen LogP contribution in [0.2, 0.25) is 0 Å². The van der Waals surface area contributed by atoms with Crippen LogP contribution in [0.4, 0.5) is 26.3 Å². The lowest BCUT2D eigenvalue weighted by molar-refractivity contribution is -0.137. The second-order valence-electron chi connectivity index (χ2n) is 15.0. The van der Waals surface area contributed by atoms with E-state index in [0.717, 1.165) is 48.5 Å². The Bertz CT molecular complexity index is 2670. The zero-order valence-corrected chi connectivity index (χ0v) is 33.3. The van der Waals surface area contributed by atoms with Crippen LogP contribution in [-0.4, -0.2) is 28.8 Å². The highest BCUT2D eigenvalue weighted by molar-refractivity contribution is 6.21. The van der Waals surface area contributed by atoms with Crippen LogP contribution in [0.5, 0.6) is 0 Å². The molecule has 8 rings (SSSR count). The van der Waals surface area contributed by atoms with Crippen LogP contribution in [0.3, 0.4) is 0 Å². The Morgan fingerprint density at radius 1 is 0.468 bits per heavy atom. The lowest BCUT2D eigenvalue weighted by atomic mass is 9.87. The number of nitrogens with zero attached hydrogens (tertiary/aromatic N) is 2. The maximum atomic E-state index is 15.2. The molecular weight excluding hydrogens is 799 g/mol. The van der Waals surface area contributed by atoms with E-state index in [0.29, 0.717) is 37.3 Å². The van der Waals surface area contributed by atoms with Crippen molar-refractivity contribution in [1.29, 1.82) is 0 Å². The number of carbonyl (C=O) groups excluding carboxylic acids is 1. The van der Waals surface area contributed by atoms with Crippen LogP contribution in [0.25, 0.3) is 44.1 Å². The molecule has 0 aliphatic rings. The van der Waals surface area contributed by atoms with E-state index < -0.39 is 29.3 Å². The SMILES string of the molecule is O=C(c1cnc2c(C(F)(F)F)cccc2c1-c1cccc(CNCCc2ccccc2)c1)c1cnc2c(C(F)(F)F)cccc2c1-c1cccc(CNCCc2ccccc2)c1. The van der Waals surface area contributed by atoms with Gasteiger partial charge in [0, 0.05) is 58.5 Å². The van der Waals surface area contributed by atoms with Gasteiger partial charge in [-0.05, 0) is 83.6 Å². The Morgan fingerprint density at radius 2 is 0.855 bits per heavy atom. The zero-order chi connectivity index (χ0) is 43.3. The van der Waals surface area contributed by atoms with Gasteiger partial charge in [0.25, 0.3) is 0 Å². The van der Waals surface area contributed by atoms with Gasteiger partial charge >= 0.3 is 12.4 Å². The molecule has 2 aromatic heterocycles. The zero-order valence-electron chi connectivity index (χ0n) is 33.3. The van der Waals surface area contributed by atoms with Gasteiger partial charge in [0.15, 0.2) is 5.78 Å². The Kier molecular flexibility index (Phi) is 12.3. The standard InChI is InChI=1S/C51H40F6N4O/c52-50(53,54)43-21-9-19-39-45(37-17-7-15-35(27-37)29-58-25-23-33-11-3-1-4-12-33)41(31-60-47(39)43)49(62)42-32-61-48-40(20-10-22-44(48)51(55,56)57)46(42)38-18-8-16-36(28-38)30-59-26-24-34-13-5-2-6-14-34/h1-22,27-28,31-32,58-59H,23-26,29-30H2. The molecule has 6 aromatic carbocycles. The quantitative estimate of drug-likeness (QED) is 0.0649. The minimum Gasteiger partial charge on any atom is -0.312 e. The number of hydrogen-bond acceptors (Lipinski definition) is 5. The number of pyridine rings is 2. The number of rotatable bonds is 14. The Hall–Kier alpha value is -6.69. The van der Waals surface area contributed by atoms with Gasteiger partial charge in [-0.2, -0.15) is 26.3 Å². The van der Waals surface area contributed by atoms with Crippen molar-refractivity contribution in [3.63, 3.8) is 0 Å². The van der Waals surface area contributed by atoms with Gasteiger partial charge in [0.1, 0.15) is 0 Å². The number of hydrogen-bond donors (Lipinski definition) is 2. The van der Waals surface area contributed by atoms with Gasteiger partial charge in [-0.3, -0.25) is 14.8 Å². The first-order chi connectivity index (χ1) is 30.0. The molecule has 0 saturated carbocycles. The molecule has 312 valence electrons. The van der Waals surface area contributed by atoms with E-state index >= 15 is 4.79 Å². The molecule has 0 atom stereocenters. The van der Waals surface area contributed by atoms with Gasteiger partial charge in [-0.15, -0.1) is 0 Å². The Labute approximate surface area is 354 Å². The maximum absolute atomic E-state index is 15.2. The third-order valence-electron chi connectivity index (χ3n) is 10.9. The average molecular weight is 839 g/mol. The van der Waals surface area contributed by atoms with Gasteiger partial charge < -0.3 is 10.6 Å². The molecule has 11 heteroatoms. The summed E-state index contributed by atoms with van der Waals surface area (Å²) in [5.74, 6) is -0.661. The topological polar surface area (TPSA) is 66.9 Å². The molecule has 5 nitrogen and oxygen atoms in total. The lowest BCUT2D eigenvalue weighted by Crippen LogP contribution is -2.16. The summed E-state index contributed by atoms with van der Waals surface area (Å²) in [7, 11) is 0. The van der Waals surface area contributed by atoms with E-state index in [1.165, 1.54) is 35.4 Å². The van der Waals surface area contributed by atoms with E-state index in [1.54, 1.807) is 24.3 Å².